The Kier molecular flexibility index (Phi) is 8.63. The Morgan fingerprint density at radius 3 is 2.32 bits per heavy atom. The van der Waals surface area contributed by atoms with Crippen molar-refractivity contribution >= 4 is 29.5 Å². The lowest BCUT2D eigenvalue weighted by Gasteiger charge is -2.15. The minimum Gasteiger partial charge on any atom is -0.497 e. The number of hydrogen-bond acceptors (Lipinski definition) is 6. The van der Waals surface area contributed by atoms with Gasteiger partial charge in [0.1, 0.15) is 17.5 Å². The molecule has 2 rings (SSSR count). The highest BCUT2D eigenvalue weighted by Crippen LogP contribution is 2.21. The molecule has 1 atom stereocenters. The summed E-state index contributed by atoms with van der Waals surface area (Å²) in [5.41, 5.74) is 2.15. The molecule has 2 aromatic carbocycles. The van der Waals surface area contributed by atoms with Crippen LogP contribution >= 0.6 is 0 Å². The highest BCUT2D eigenvalue weighted by molar-refractivity contribution is 6.00. The van der Waals surface area contributed by atoms with Gasteiger partial charge in [-0.15, -0.1) is 0 Å². The van der Waals surface area contributed by atoms with Crippen molar-refractivity contribution < 1.29 is 28.6 Å². The molecule has 0 spiro atoms. The standard InChI is InChI=1S/C23H26N2O6/c1-15-13-19(31-14-22(27)30-4)10-11-20(15)25-23(28)16(2)24-21(26)12-7-17-5-8-18(29-3)9-6-17/h5-13,16H,14H2,1-4H3,(H,24,26)(H,25,28)/b12-7-/t16-/m1/s1. The van der Waals surface area contributed by atoms with Crippen molar-refractivity contribution in [3.8, 4) is 11.5 Å². The molecule has 0 fully saturated rings. The highest BCUT2D eigenvalue weighted by atomic mass is 16.6. The lowest BCUT2D eigenvalue weighted by atomic mass is 10.1. The first-order valence-corrected chi connectivity index (χ1v) is 9.56. The third kappa shape index (κ3) is 7.50. The second-order valence-corrected chi connectivity index (χ2v) is 6.67. The molecule has 2 amide bonds. The van der Waals surface area contributed by atoms with Crippen LogP contribution in [0.15, 0.2) is 48.5 Å². The number of carbonyl (C=O) groups is 3. The van der Waals surface area contributed by atoms with E-state index in [1.807, 2.05) is 12.1 Å². The summed E-state index contributed by atoms with van der Waals surface area (Å²) in [7, 11) is 2.87. The van der Waals surface area contributed by atoms with Gasteiger partial charge in [-0.3, -0.25) is 9.59 Å². The monoisotopic (exact) mass is 426 g/mol. The fourth-order valence-corrected chi connectivity index (χ4v) is 2.52. The predicted molar refractivity (Wildman–Crippen MR) is 117 cm³/mol. The van der Waals surface area contributed by atoms with Gasteiger partial charge in [-0.1, -0.05) is 12.1 Å². The topological polar surface area (TPSA) is 103 Å². The van der Waals surface area contributed by atoms with E-state index in [1.165, 1.54) is 13.2 Å². The summed E-state index contributed by atoms with van der Waals surface area (Å²) in [6.45, 7) is 3.19. The summed E-state index contributed by atoms with van der Waals surface area (Å²) in [6, 6.07) is 11.5. The van der Waals surface area contributed by atoms with E-state index in [0.29, 0.717) is 11.4 Å². The van der Waals surface area contributed by atoms with E-state index < -0.39 is 12.0 Å². The molecule has 0 saturated carbocycles. The number of anilines is 1. The molecule has 0 aromatic heterocycles. The Hall–Kier alpha value is -3.81. The van der Waals surface area contributed by atoms with Gasteiger partial charge in [0.05, 0.1) is 14.2 Å². The van der Waals surface area contributed by atoms with Gasteiger partial charge in [-0.05, 0) is 61.4 Å². The SMILES string of the molecule is COC(=O)COc1ccc(NC(=O)[C@@H](C)NC(=O)/C=C\c2ccc(OC)cc2)c(C)c1. The molecule has 164 valence electrons. The van der Waals surface area contributed by atoms with Crippen LogP contribution in [0.25, 0.3) is 6.08 Å². The third-order valence-electron chi connectivity index (χ3n) is 4.34. The fraction of sp³-hybridized carbons (Fsp3) is 0.261. The van der Waals surface area contributed by atoms with Crippen molar-refractivity contribution in [3.05, 3.63) is 59.7 Å². The molecule has 0 bridgehead atoms. The number of nitrogens with one attached hydrogen (secondary N) is 2. The number of amides is 2. The quantitative estimate of drug-likeness (QED) is 0.472. The maximum Gasteiger partial charge on any atom is 0.343 e. The Bertz CT molecular complexity index is 953. The third-order valence-corrected chi connectivity index (χ3v) is 4.34. The summed E-state index contributed by atoms with van der Waals surface area (Å²) >= 11 is 0. The van der Waals surface area contributed by atoms with Gasteiger partial charge in [-0.2, -0.15) is 0 Å². The van der Waals surface area contributed by atoms with E-state index in [1.54, 1.807) is 57.4 Å². The van der Waals surface area contributed by atoms with Crippen LogP contribution in [-0.4, -0.2) is 44.7 Å². The lowest BCUT2D eigenvalue weighted by molar-refractivity contribution is -0.142. The van der Waals surface area contributed by atoms with Crippen LogP contribution in [-0.2, 0) is 19.1 Å². The van der Waals surface area contributed by atoms with E-state index in [2.05, 4.69) is 15.4 Å². The van der Waals surface area contributed by atoms with Crippen molar-refractivity contribution in [1.29, 1.82) is 0 Å². The molecule has 0 unspecified atom stereocenters. The molecule has 31 heavy (non-hydrogen) atoms. The number of methoxy groups -OCH3 is 2. The van der Waals surface area contributed by atoms with Crippen molar-refractivity contribution in [2.75, 3.05) is 26.1 Å². The first-order valence-electron chi connectivity index (χ1n) is 9.56. The normalized spacial score (nSPS) is 11.5. The molecule has 0 heterocycles. The van der Waals surface area contributed by atoms with Gasteiger partial charge >= 0.3 is 5.97 Å². The molecule has 0 aliphatic heterocycles. The zero-order chi connectivity index (χ0) is 22.8. The average molecular weight is 426 g/mol. The van der Waals surface area contributed by atoms with Gasteiger partial charge < -0.3 is 24.8 Å². The Labute approximate surface area is 181 Å². The van der Waals surface area contributed by atoms with Crippen molar-refractivity contribution in [2.45, 2.75) is 19.9 Å². The minimum absolute atomic E-state index is 0.200. The second-order valence-electron chi connectivity index (χ2n) is 6.67. The van der Waals surface area contributed by atoms with Crippen molar-refractivity contribution in [1.82, 2.24) is 5.32 Å². The molecule has 2 aromatic rings. The van der Waals surface area contributed by atoms with Gasteiger partial charge in [0.25, 0.3) is 0 Å². The number of ether oxygens (including phenoxy) is 3. The Balaban J connectivity index is 1.88. The van der Waals surface area contributed by atoms with Crippen molar-refractivity contribution in [3.63, 3.8) is 0 Å². The van der Waals surface area contributed by atoms with Crippen LogP contribution in [0.4, 0.5) is 5.69 Å². The van der Waals surface area contributed by atoms with E-state index in [4.69, 9.17) is 9.47 Å². The molecule has 0 radical (unpaired) electrons. The first-order chi connectivity index (χ1) is 14.8. The second kappa shape index (κ2) is 11.4. The largest absolute Gasteiger partial charge is 0.497 e. The average Bonchev–Trinajstić information content (AvgIpc) is 2.77. The number of esters is 1. The molecule has 0 aliphatic carbocycles. The zero-order valence-corrected chi connectivity index (χ0v) is 17.9. The summed E-state index contributed by atoms with van der Waals surface area (Å²) in [6.07, 6.45) is 3.01. The smallest absolute Gasteiger partial charge is 0.343 e. The van der Waals surface area contributed by atoms with Crippen LogP contribution in [0.2, 0.25) is 0 Å². The Morgan fingerprint density at radius 1 is 1.03 bits per heavy atom. The van der Waals surface area contributed by atoms with Gasteiger partial charge in [0.2, 0.25) is 11.8 Å². The molecule has 0 aliphatic rings. The van der Waals surface area contributed by atoms with Gasteiger partial charge in [-0.25, -0.2) is 4.79 Å². The summed E-state index contributed by atoms with van der Waals surface area (Å²) in [5, 5.41) is 5.39. The molecular formula is C23H26N2O6. The predicted octanol–water partition coefficient (Wildman–Crippen LogP) is 2.71. The molecule has 0 saturated heterocycles. The maximum atomic E-state index is 12.4. The minimum atomic E-state index is -0.748. The number of benzene rings is 2. The van der Waals surface area contributed by atoms with E-state index in [-0.39, 0.29) is 18.4 Å². The summed E-state index contributed by atoms with van der Waals surface area (Å²) in [4.78, 5) is 35.7. The fourth-order valence-electron chi connectivity index (χ4n) is 2.52. The highest BCUT2D eigenvalue weighted by Gasteiger charge is 2.15. The summed E-state index contributed by atoms with van der Waals surface area (Å²) in [5.74, 6) is -0.0314. The number of rotatable bonds is 9. The van der Waals surface area contributed by atoms with Crippen LogP contribution < -0.4 is 20.1 Å². The molecule has 8 nitrogen and oxygen atoms in total. The van der Waals surface area contributed by atoms with Crippen LogP contribution in [0.1, 0.15) is 18.1 Å². The maximum absolute atomic E-state index is 12.4. The number of hydrogen-bond donors (Lipinski definition) is 2. The van der Waals surface area contributed by atoms with Crippen LogP contribution in [0, 0.1) is 6.92 Å². The lowest BCUT2D eigenvalue weighted by Crippen LogP contribution is -2.41. The van der Waals surface area contributed by atoms with Crippen LogP contribution in [0.5, 0.6) is 11.5 Å². The number of carbonyl (C=O) groups excluding carboxylic acids is 3. The molecule has 8 heteroatoms. The molecule has 2 N–H and O–H groups in total. The van der Waals surface area contributed by atoms with E-state index in [0.717, 1.165) is 16.9 Å². The van der Waals surface area contributed by atoms with Gasteiger partial charge in [0.15, 0.2) is 6.61 Å². The Morgan fingerprint density at radius 2 is 1.71 bits per heavy atom. The van der Waals surface area contributed by atoms with Gasteiger partial charge in [0, 0.05) is 11.8 Å². The molecular weight excluding hydrogens is 400 g/mol. The summed E-state index contributed by atoms with van der Waals surface area (Å²) < 4.78 is 14.9. The first kappa shape index (κ1) is 23.5. The van der Waals surface area contributed by atoms with Crippen LogP contribution in [0.3, 0.4) is 0 Å². The van der Waals surface area contributed by atoms with E-state index >= 15 is 0 Å². The zero-order valence-electron chi connectivity index (χ0n) is 17.9. The van der Waals surface area contributed by atoms with Crippen molar-refractivity contribution in [2.24, 2.45) is 0 Å². The number of aryl methyl sites for hydroxylation is 1. The van der Waals surface area contributed by atoms with E-state index in [9.17, 15) is 14.4 Å².